The molecule has 218 valence electrons. The third kappa shape index (κ3) is 8.27. The summed E-state index contributed by atoms with van der Waals surface area (Å²) in [6.45, 7) is 8.50. The Morgan fingerprint density at radius 1 is 1.24 bits per heavy atom. The van der Waals surface area contributed by atoms with Gasteiger partial charge in [-0.3, -0.25) is 10.1 Å². The minimum Gasteiger partial charge on any atom is -0.473 e. The lowest BCUT2D eigenvalue weighted by Crippen LogP contribution is -2.24. The van der Waals surface area contributed by atoms with E-state index in [1.165, 1.54) is 24.3 Å². The van der Waals surface area contributed by atoms with Crippen LogP contribution in [0.15, 0.2) is 60.8 Å². The quantitative estimate of drug-likeness (QED) is 0.101. The topological polar surface area (TPSA) is 157 Å². The van der Waals surface area contributed by atoms with Gasteiger partial charge in [0.1, 0.15) is 24.3 Å². The van der Waals surface area contributed by atoms with Crippen molar-refractivity contribution < 1.29 is 23.9 Å². The molecule has 0 bridgehead atoms. The predicted octanol–water partition coefficient (Wildman–Crippen LogP) is 5.82. The minimum absolute atomic E-state index is 0.0376. The second-order valence-electron chi connectivity index (χ2n) is 11.0. The van der Waals surface area contributed by atoms with Gasteiger partial charge in [0, 0.05) is 48.1 Å². The Bertz CT molecular complexity index is 1380. The molecule has 0 saturated heterocycles. The van der Waals surface area contributed by atoms with Gasteiger partial charge < -0.3 is 25.3 Å². The van der Waals surface area contributed by atoms with E-state index in [2.05, 4.69) is 31.1 Å². The maximum atomic E-state index is 12.3. The fraction of sp³-hybridized carbons (Fsp3) is 0.414. The van der Waals surface area contributed by atoms with Crippen LogP contribution in [0.4, 0.5) is 22.0 Å². The molecule has 12 nitrogen and oxygen atoms in total. The van der Waals surface area contributed by atoms with Crippen molar-refractivity contribution in [2.24, 2.45) is 5.73 Å². The first-order valence-corrected chi connectivity index (χ1v) is 13.5. The van der Waals surface area contributed by atoms with Crippen LogP contribution in [0.25, 0.3) is 0 Å². The van der Waals surface area contributed by atoms with E-state index in [1.807, 2.05) is 42.0 Å². The number of non-ortho nitro benzene ring substituents is 1. The van der Waals surface area contributed by atoms with Gasteiger partial charge in [0.25, 0.3) is 5.69 Å². The van der Waals surface area contributed by atoms with Gasteiger partial charge in [-0.25, -0.2) is 14.5 Å². The van der Waals surface area contributed by atoms with Crippen LogP contribution in [0.5, 0.6) is 11.6 Å². The van der Waals surface area contributed by atoms with Crippen molar-refractivity contribution in [3.8, 4) is 11.6 Å². The molecule has 1 aliphatic rings. The van der Waals surface area contributed by atoms with Crippen molar-refractivity contribution >= 4 is 23.3 Å². The van der Waals surface area contributed by atoms with Crippen LogP contribution in [0, 0.1) is 10.1 Å². The van der Waals surface area contributed by atoms with Crippen molar-refractivity contribution in [3.63, 3.8) is 0 Å². The van der Waals surface area contributed by atoms with Crippen molar-refractivity contribution in [1.29, 1.82) is 0 Å². The number of nitrogens with two attached hydrogens (primary N) is 1. The molecule has 12 heteroatoms. The SMILES string of the molecule is C[C@@H](N)/C=C/COc1cc(Nc2cc([C@H]3CC[C@@H](OC(=O)Oc4ccc([N+](=O)[O-])cc4)C3)nn2C(C)(C)C)ccn1. The van der Waals surface area contributed by atoms with E-state index < -0.39 is 11.1 Å². The summed E-state index contributed by atoms with van der Waals surface area (Å²) in [7, 11) is 0. The summed E-state index contributed by atoms with van der Waals surface area (Å²) in [5.41, 5.74) is 7.06. The average Bonchev–Trinajstić information content (AvgIpc) is 3.54. The van der Waals surface area contributed by atoms with Gasteiger partial charge in [-0.2, -0.15) is 5.10 Å². The summed E-state index contributed by atoms with van der Waals surface area (Å²) in [6, 6.07) is 10.9. The average molecular weight is 565 g/mol. The number of nitrogens with zero attached hydrogens (tertiary/aromatic N) is 4. The van der Waals surface area contributed by atoms with Crippen LogP contribution in [-0.4, -0.2) is 44.6 Å². The van der Waals surface area contributed by atoms with Gasteiger partial charge in [-0.15, -0.1) is 0 Å². The summed E-state index contributed by atoms with van der Waals surface area (Å²) >= 11 is 0. The number of carbonyl (C=O) groups excluding carboxylic acids is 1. The summed E-state index contributed by atoms with van der Waals surface area (Å²) in [4.78, 5) is 26.9. The number of rotatable bonds is 10. The zero-order valence-corrected chi connectivity index (χ0v) is 23.6. The molecular formula is C29H36N6O6. The molecule has 1 fully saturated rings. The highest BCUT2D eigenvalue weighted by Crippen LogP contribution is 2.38. The van der Waals surface area contributed by atoms with Gasteiger partial charge in [-0.1, -0.05) is 6.08 Å². The Morgan fingerprint density at radius 3 is 2.68 bits per heavy atom. The number of hydrogen-bond acceptors (Lipinski definition) is 10. The van der Waals surface area contributed by atoms with E-state index in [9.17, 15) is 14.9 Å². The monoisotopic (exact) mass is 564 g/mol. The number of nitrogens with one attached hydrogen (secondary N) is 1. The van der Waals surface area contributed by atoms with Crippen LogP contribution < -0.4 is 20.5 Å². The molecule has 2 heterocycles. The van der Waals surface area contributed by atoms with Gasteiger partial charge in [0.15, 0.2) is 0 Å². The first kappa shape index (κ1) is 29.5. The Kier molecular flexibility index (Phi) is 9.23. The standard InChI is InChI=1S/C29H36N6O6/c1-19(30)6-5-15-39-27-17-21(13-14-31-27)32-26-18-25(33-34(26)29(2,3)4)20-7-10-24(16-20)41-28(36)40-23-11-8-22(9-12-23)35(37)38/h5-6,8-9,11-14,17-20,24H,7,10,15-16,30H2,1-4H3,(H,31,32)/b6-5+/t19-,20+,24-/m1/s1. The van der Waals surface area contributed by atoms with Gasteiger partial charge >= 0.3 is 6.16 Å². The Balaban J connectivity index is 1.39. The number of anilines is 2. The van der Waals surface area contributed by atoms with Crippen molar-refractivity contribution in [1.82, 2.24) is 14.8 Å². The van der Waals surface area contributed by atoms with Gasteiger partial charge in [0.2, 0.25) is 5.88 Å². The zero-order chi connectivity index (χ0) is 29.6. The number of ether oxygens (including phenoxy) is 3. The maximum absolute atomic E-state index is 12.3. The molecule has 1 saturated carbocycles. The van der Waals surface area contributed by atoms with Crippen LogP contribution in [0.1, 0.15) is 58.6 Å². The van der Waals surface area contributed by atoms with Gasteiger partial charge in [-0.05, 0) is 71.2 Å². The highest BCUT2D eigenvalue weighted by Gasteiger charge is 2.32. The van der Waals surface area contributed by atoms with E-state index in [4.69, 9.17) is 25.0 Å². The molecule has 41 heavy (non-hydrogen) atoms. The summed E-state index contributed by atoms with van der Waals surface area (Å²) in [5.74, 6) is 1.59. The van der Waals surface area contributed by atoms with E-state index in [0.717, 1.165) is 23.6 Å². The Labute approximate surface area is 238 Å². The fourth-order valence-electron chi connectivity index (χ4n) is 4.53. The second kappa shape index (κ2) is 12.8. The predicted molar refractivity (Wildman–Crippen MR) is 154 cm³/mol. The van der Waals surface area contributed by atoms with E-state index in [1.54, 1.807) is 6.20 Å². The lowest BCUT2D eigenvalue weighted by molar-refractivity contribution is -0.384. The maximum Gasteiger partial charge on any atom is 0.514 e. The molecule has 2 aromatic heterocycles. The molecule has 1 aromatic carbocycles. The highest BCUT2D eigenvalue weighted by atomic mass is 16.7. The van der Waals surface area contributed by atoms with E-state index in [0.29, 0.717) is 25.3 Å². The van der Waals surface area contributed by atoms with Crippen molar-refractivity contribution in [2.45, 2.75) is 70.6 Å². The number of nitro groups is 1. The lowest BCUT2D eigenvalue weighted by atomic mass is 10.0. The number of aromatic nitrogens is 3. The molecule has 4 rings (SSSR count). The number of nitro benzene ring substituents is 1. The fourth-order valence-corrected chi connectivity index (χ4v) is 4.53. The third-order valence-corrected chi connectivity index (χ3v) is 6.45. The Morgan fingerprint density at radius 2 is 2.00 bits per heavy atom. The first-order valence-electron chi connectivity index (χ1n) is 13.5. The summed E-state index contributed by atoms with van der Waals surface area (Å²) in [6.07, 6.45) is 6.34. The third-order valence-electron chi connectivity index (χ3n) is 6.45. The van der Waals surface area contributed by atoms with Crippen LogP contribution >= 0.6 is 0 Å². The molecule has 3 N–H and O–H groups in total. The largest absolute Gasteiger partial charge is 0.514 e. The normalized spacial score (nSPS) is 17.8. The smallest absolute Gasteiger partial charge is 0.473 e. The number of hydrogen-bond donors (Lipinski definition) is 2. The van der Waals surface area contributed by atoms with E-state index in [-0.39, 0.29) is 35.0 Å². The number of benzene rings is 1. The molecule has 0 radical (unpaired) electrons. The Hall–Kier alpha value is -4.45. The molecule has 0 unspecified atom stereocenters. The molecule has 0 spiro atoms. The first-order chi connectivity index (χ1) is 19.5. The second-order valence-corrected chi connectivity index (χ2v) is 11.0. The van der Waals surface area contributed by atoms with Crippen molar-refractivity contribution in [2.75, 3.05) is 11.9 Å². The zero-order valence-electron chi connectivity index (χ0n) is 23.6. The molecule has 3 atom stereocenters. The number of pyridine rings is 1. The summed E-state index contributed by atoms with van der Waals surface area (Å²) < 4.78 is 18.4. The molecule has 3 aromatic rings. The molecule has 0 aliphatic heterocycles. The molecule has 1 aliphatic carbocycles. The molecular weight excluding hydrogens is 528 g/mol. The number of carbonyl (C=O) groups is 1. The van der Waals surface area contributed by atoms with Crippen LogP contribution in [0.2, 0.25) is 0 Å². The minimum atomic E-state index is -0.837. The van der Waals surface area contributed by atoms with E-state index >= 15 is 0 Å². The highest BCUT2D eigenvalue weighted by molar-refractivity contribution is 5.64. The van der Waals surface area contributed by atoms with Crippen molar-refractivity contribution in [3.05, 3.63) is 76.6 Å². The van der Waals surface area contributed by atoms with Gasteiger partial charge in [0.05, 0.1) is 16.2 Å². The van der Waals surface area contributed by atoms with Crippen LogP contribution in [-0.2, 0) is 10.3 Å². The lowest BCUT2D eigenvalue weighted by Gasteiger charge is -2.23. The summed E-state index contributed by atoms with van der Waals surface area (Å²) in [5, 5.41) is 19.2. The van der Waals surface area contributed by atoms with Crippen LogP contribution in [0.3, 0.4) is 0 Å². The molecule has 0 amide bonds.